The first-order valence-electron chi connectivity index (χ1n) is 6.00. The van der Waals surface area contributed by atoms with Gasteiger partial charge in [-0.25, -0.2) is 4.98 Å². The molecule has 0 saturated carbocycles. The average Bonchev–Trinajstić information content (AvgIpc) is 3.15. The number of hydrogen-bond donors (Lipinski definition) is 0. The molecule has 3 aromatic rings. The Morgan fingerprint density at radius 2 is 2.05 bits per heavy atom. The van der Waals surface area contributed by atoms with Crippen LogP contribution in [0.15, 0.2) is 42.0 Å². The molecule has 3 aromatic heterocycles. The van der Waals surface area contributed by atoms with Crippen molar-refractivity contribution in [2.75, 3.05) is 0 Å². The van der Waals surface area contributed by atoms with Crippen molar-refractivity contribution in [2.45, 2.75) is 0 Å². The summed E-state index contributed by atoms with van der Waals surface area (Å²) in [7, 11) is 0. The van der Waals surface area contributed by atoms with E-state index >= 15 is 0 Å². The average molecular weight is 330 g/mol. The fraction of sp³-hybridized carbons (Fsp3) is 0. The minimum absolute atomic E-state index is 0.541. The first-order chi connectivity index (χ1) is 10.3. The molecule has 0 spiro atoms. The van der Waals surface area contributed by atoms with Crippen LogP contribution >= 0.6 is 34.3 Å². The molecule has 0 aliphatic heterocycles. The first-order valence-corrected chi connectivity index (χ1v) is 8.07. The van der Waals surface area contributed by atoms with E-state index < -0.39 is 0 Å². The SMILES string of the molecule is N#C/C(=C\c1ccc(Cl)s1)c1nc(-c2ccncc2)cs1. The lowest BCUT2D eigenvalue weighted by Crippen LogP contribution is -1.82. The molecule has 0 amide bonds. The Balaban J connectivity index is 1.95. The Morgan fingerprint density at radius 1 is 1.24 bits per heavy atom. The minimum Gasteiger partial charge on any atom is -0.265 e. The molecule has 0 radical (unpaired) electrons. The van der Waals surface area contributed by atoms with Crippen LogP contribution in [0.25, 0.3) is 22.9 Å². The molecule has 0 unspecified atom stereocenters. The quantitative estimate of drug-likeness (QED) is 0.636. The van der Waals surface area contributed by atoms with E-state index in [1.54, 1.807) is 12.4 Å². The van der Waals surface area contributed by atoms with Gasteiger partial charge in [-0.3, -0.25) is 4.98 Å². The third kappa shape index (κ3) is 3.19. The molecule has 0 aliphatic carbocycles. The first kappa shape index (κ1) is 14.0. The highest BCUT2D eigenvalue weighted by atomic mass is 35.5. The summed E-state index contributed by atoms with van der Waals surface area (Å²) >= 11 is 8.79. The summed E-state index contributed by atoms with van der Waals surface area (Å²) < 4.78 is 0.704. The molecule has 0 N–H and O–H groups in total. The number of allylic oxidation sites excluding steroid dienone is 1. The van der Waals surface area contributed by atoms with Crippen molar-refractivity contribution >= 4 is 45.9 Å². The van der Waals surface area contributed by atoms with Crippen LogP contribution in [0.2, 0.25) is 4.34 Å². The topological polar surface area (TPSA) is 49.6 Å². The Morgan fingerprint density at radius 3 is 2.71 bits per heavy atom. The van der Waals surface area contributed by atoms with E-state index in [0.717, 1.165) is 16.1 Å². The Bertz CT molecular complexity index is 828. The molecular formula is C15H8ClN3S2. The molecule has 102 valence electrons. The van der Waals surface area contributed by atoms with Crippen molar-refractivity contribution in [3.63, 3.8) is 0 Å². The van der Waals surface area contributed by atoms with E-state index in [1.165, 1.54) is 22.7 Å². The zero-order valence-electron chi connectivity index (χ0n) is 10.7. The maximum atomic E-state index is 9.34. The number of hydrogen-bond acceptors (Lipinski definition) is 5. The van der Waals surface area contributed by atoms with E-state index in [9.17, 15) is 5.26 Å². The number of rotatable bonds is 3. The van der Waals surface area contributed by atoms with Crippen molar-refractivity contribution in [1.82, 2.24) is 9.97 Å². The van der Waals surface area contributed by atoms with Crippen LogP contribution in [0.3, 0.4) is 0 Å². The molecule has 0 aliphatic rings. The molecule has 3 nitrogen and oxygen atoms in total. The number of nitrogens with zero attached hydrogens (tertiary/aromatic N) is 3. The van der Waals surface area contributed by atoms with Crippen LogP contribution in [0, 0.1) is 11.3 Å². The van der Waals surface area contributed by atoms with E-state index in [1.807, 2.05) is 35.7 Å². The van der Waals surface area contributed by atoms with Gasteiger partial charge < -0.3 is 0 Å². The summed E-state index contributed by atoms with van der Waals surface area (Å²) in [4.78, 5) is 9.46. The lowest BCUT2D eigenvalue weighted by molar-refractivity contribution is 1.31. The number of pyridine rings is 1. The van der Waals surface area contributed by atoms with E-state index in [0.29, 0.717) is 14.9 Å². The van der Waals surface area contributed by atoms with Gasteiger partial charge >= 0.3 is 0 Å². The van der Waals surface area contributed by atoms with Crippen LogP contribution in [-0.4, -0.2) is 9.97 Å². The smallest absolute Gasteiger partial charge is 0.134 e. The summed E-state index contributed by atoms with van der Waals surface area (Å²) in [6.45, 7) is 0. The van der Waals surface area contributed by atoms with Crippen LogP contribution in [0.4, 0.5) is 0 Å². The van der Waals surface area contributed by atoms with Gasteiger partial charge in [-0.1, -0.05) is 11.6 Å². The second kappa shape index (κ2) is 6.19. The largest absolute Gasteiger partial charge is 0.265 e. The van der Waals surface area contributed by atoms with Gasteiger partial charge in [0, 0.05) is 28.2 Å². The predicted molar refractivity (Wildman–Crippen MR) is 88.2 cm³/mol. The minimum atomic E-state index is 0.541. The standard InChI is InChI=1S/C15H8ClN3S2/c16-14-2-1-12(21-14)7-11(8-17)15-19-13(9-20-15)10-3-5-18-6-4-10/h1-7,9H/b11-7+. The van der Waals surface area contributed by atoms with E-state index in [4.69, 9.17) is 11.6 Å². The lowest BCUT2D eigenvalue weighted by Gasteiger charge is -1.94. The summed E-state index contributed by atoms with van der Waals surface area (Å²) in [6, 6.07) is 9.70. The second-order valence-electron chi connectivity index (χ2n) is 4.09. The van der Waals surface area contributed by atoms with Gasteiger partial charge in [0.15, 0.2) is 0 Å². The molecule has 6 heteroatoms. The van der Waals surface area contributed by atoms with Gasteiger partial charge in [-0.2, -0.15) is 5.26 Å². The second-order valence-corrected chi connectivity index (χ2v) is 6.69. The normalized spacial score (nSPS) is 11.3. The van der Waals surface area contributed by atoms with E-state index in [2.05, 4.69) is 16.0 Å². The zero-order chi connectivity index (χ0) is 14.7. The molecule has 0 saturated heterocycles. The number of thiazole rings is 1. The fourth-order valence-electron chi connectivity index (χ4n) is 1.74. The van der Waals surface area contributed by atoms with Crippen LogP contribution < -0.4 is 0 Å². The number of halogens is 1. The summed E-state index contributed by atoms with van der Waals surface area (Å²) in [5.74, 6) is 0. The zero-order valence-corrected chi connectivity index (χ0v) is 13.0. The van der Waals surface area contributed by atoms with Gasteiger partial charge in [0.2, 0.25) is 0 Å². The number of aromatic nitrogens is 2. The highest BCUT2D eigenvalue weighted by Gasteiger charge is 2.09. The maximum absolute atomic E-state index is 9.34. The fourth-order valence-corrected chi connectivity index (χ4v) is 3.54. The monoisotopic (exact) mass is 329 g/mol. The van der Waals surface area contributed by atoms with Gasteiger partial charge in [-0.05, 0) is 30.3 Å². The highest BCUT2D eigenvalue weighted by Crippen LogP contribution is 2.29. The third-order valence-corrected chi connectivity index (χ3v) is 4.77. The molecule has 0 atom stereocenters. The number of thiophene rings is 1. The Labute approximate surface area is 134 Å². The molecule has 3 heterocycles. The summed E-state index contributed by atoms with van der Waals surface area (Å²) in [5, 5.41) is 12.0. The Kier molecular flexibility index (Phi) is 4.11. The van der Waals surface area contributed by atoms with Crippen molar-refractivity contribution in [3.8, 4) is 17.3 Å². The third-order valence-electron chi connectivity index (χ3n) is 2.71. The van der Waals surface area contributed by atoms with Gasteiger partial charge in [0.25, 0.3) is 0 Å². The van der Waals surface area contributed by atoms with Crippen LogP contribution in [0.1, 0.15) is 9.88 Å². The molecule has 21 heavy (non-hydrogen) atoms. The molecular weight excluding hydrogens is 322 g/mol. The van der Waals surface area contributed by atoms with E-state index in [-0.39, 0.29) is 0 Å². The van der Waals surface area contributed by atoms with Crippen molar-refractivity contribution < 1.29 is 0 Å². The molecule has 0 fully saturated rings. The van der Waals surface area contributed by atoms with Gasteiger partial charge in [0.1, 0.15) is 11.1 Å². The highest BCUT2D eigenvalue weighted by molar-refractivity contribution is 7.17. The molecule has 0 aromatic carbocycles. The maximum Gasteiger partial charge on any atom is 0.134 e. The molecule has 3 rings (SSSR count). The van der Waals surface area contributed by atoms with Crippen molar-refractivity contribution in [2.24, 2.45) is 0 Å². The summed E-state index contributed by atoms with van der Waals surface area (Å²) in [5.41, 5.74) is 2.38. The van der Waals surface area contributed by atoms with Crippen molar-refractivity contribution in [1.29, 1.82) is 5.26 Å². The van der Waals surface area contributed by atoms with Gasteiger partial charge in [0.05, 0.1) is 15.6 Å². The van der Waals surface area contributed by atoms with Gasteiger partial charge in [-0.15, -0.1) is 22.7 Å². The van der Waals surface area contributed by atoms with Crippen LogP contribution in [-0.2, 0) is 0 Å². The Hall–Kier alpha value is -2.00. The van der Waals surface area contributed by atoms with Crippen molar-refractivity contribution in [3.05, 3.63) is 56.3 Å². The predicted octanol–water partition coefficient (Wildman–Crippen LogP) is 4.98. The summed E-state index contributed by atoms with van der Waals surface area (Å²) in [6.07, 6.45) is 5.26. The van der Waals surface area contributed by atoms with Crippen LogP contribution in [0.5, 0.6) is 0 Å². The molecule has 0 bridgehead atoms. The number of nitriles is 1. The lowest BCUT2D eigenvalue weighted by atomic mass is 10.2.